The molecule has 35 heavy (non-hydrogen) atoms. The minimum absolute atomic E-state index is 0. The van der Waals surface area contributed by atoms with Crippen LogP contribution in [0.2, 0.25) is 0 Å². The highest BCUT2D eigenvalue weighted by atomic mass is 16.5. The molecule has 0 spiro atoms. The van der Waals surface area contributed by atoms with E-state index in [1.54, 1.807) is 18.3 Å². The highest BCUT2D eigenvalue weighted by Gasteiger charge is 2.19. The maximum atomic E-state index is 8.64. The van der Waals surface area contributed by atoms with Gasteiger partial charge in [0.25, 0.3) is 0 Å². The van der Waals surface area contributed by atoms with Crippen molar-refractivity contribution in [3.05, 3.63) is 84.6 Å². The fourth-order valence-electron chi connectivity index (χ4n) is 3.61. The number of rotatable bonds is 11. The van der Waals surface area contributed by atoms with E-state index in [1.807, 2.05) is 56.3 Å². The molecule has 3 rings (SSSR count). The van der Waals surface area contributed by atoms with Crippen molar-refractivity contribution >= 4 is 17.1 Å². The summed E-state index contributed by atoms with van der Waals surface area (Å²) in [5.41, 5.74) is 9.31. The summed E-state index contributed by atoms with van der Waals surface area (Å²) >= 11 is 0. The van der Waals surface area contributed by atoms with Crippen molar-refractivity contribution in [2.45, 2.75) is 33.5 Å². The van der Waals surface area contributed by atoms with Gasteiger partial charge in [0.05, 0.1) is 24.5 Å². The SMILES string of the molecule is C.C=C/C=C\C=C\CN1CCOC(CNc2ccc(N)c(C(=N)c3ccc(OC(C)C)nc3)c2)C1.[HH].[HH]. The highest BCUT2D eigenvalue weighted by molar-refractivity contribution is 6.14. The summed E-state index contributed by atoms with van der Waals surface area (Å²) in [5, 5.41) is 12.1. The van der Waals surface area contributed by atoms with E-state index >= 15 is 0 Å². The zero-order valence-electron chi connectivity index (χ0n) is 20.0. The average Bonchev–Trinajstić information content (AvgIpc) is 2.83. The van der Waals surface area contributed by atoms with Crippen LogP contribution in [0.25, 0.3) is 0 Å². The summed E-state index contributed by atoms with van der Waals surface area (Å²) < 4.78 is 11.5. The first-order valence-corrected chi connectivity index (χ1v) is 11.6. The largest absolute Gasteiger partial charge is 0.475 e. The van der Waals surface area contributed by atoms with Crippen molar-refractivity contribution < 1.29 is 12.3 Å². The van der Waals surface area contributed by atoms with Gasteiger partial charge >= 0.3 is 0 Å². The first-order valence-electron chi connectivity index (χ1n) is 11.6. The van der Waals surface area contributed by atoms with E-state index in [0.29, 0.717) is 41.6 Å². The monoisotopic (exact) mass is 481 g/mol. The van der Waals surface area contributed by atoms with Crippen LogP contribution in [0.4, 0.5) is 11.4 Å². The van der Waals surface area contributed by atoms with E-state index < -0.39 is 0 Å². The number of morpholine rings is 1. The minimum Gasteiger partial charge on any atom is -0.475 e. The van der Waals surface area contributed by atoms with E-state index in [2.05, 4.69) is 27.9 Å². The molecular weight excluding hydrogens is 438 g/mol. The van der Waals surface area contributed by atoms with Crippen LogP contribution in [0.5, 0.6) is 5.88 Å². The van der Waals surface area contributed by atoms with Crippen LogP contribution in [0.15, 0.2) is 73.5 Å². The average molecular weight is 482 g/mol. The molecule has 4 N–H and O–H groups in total. The molecule has 1 aromatic heterocycles. The number of nitrogen functional groups attached to an aromatic ring is 1. The molecule has 1 aliphatic heterocycles. The third-order valence-corrected chi connectivity index (χ3v) is 5.32. The molecular formula is C28H43N5O2. The lowest BCUT2D eigenvalue weighted by molar-refractivity contribution is -0.0169. The Morgan fingerprint density at radius 2 is 2.17 bits per heavy atom. The lowest BCUT2D eigenvalue weighted by atomic mass is 10.0. The smallest absolute Gasteiger partial charge is 0.213 e. The van der Waals surface area contributed by atoms with E-state index in [0.717, 1.165) is 25.3 Å². The van der Waals surface area contributed by atoms with Crippen LogP contribution < -0.4 is 15.8 Å². The Bertz CT molecular complexity index is 1030. The van der Waals surface area contributed by atoms with Gasteiger partial charge in [-0.3, -0.25) is 10.3 Å². The van der Waals surface area contributed by atoms with Crippen LogP contribution in [-0.4, -0.2) is 60.6 Å². The van der Waals surface area contributed by atoms with Crippen molar-refractivity contribution in [3.63, 3.8) is 0 Å². The van der Waals surface area contributed by atoms with Gasteiger partial charge in [0.1, 0.15) is 0 Å². The number of aromatic nitrogens is 1. The van der Waals surface area contributed by atoms with Gasteiger partial charge in [-0.15, -0.1) is 0 Å². The summed E-state index contributed by atoms with van der Waals surface area (Å²) in [6.45, 7) is 11.6. The zero-order valence-corrected chi connectivity index (χ0v) is 20.0. The Kier molecular flexibility index (Phi) is 11.2. The van der Waals surface area contributed by atoms with Crippen molar-refractivity contribution in [2.75, 3.05) is 43.8 Å². The predicted octanol–water partition coefficient (Wildman–Crippen LogP) is 5.41. The van der Waals surface area contributed by atoms with Crippen LogP contribution in [0, 0.1) is 5.41 Å². The molecule has 1 atom stereocenters. The zero-order chi connectivity index (χ0) is 24.3. The van der Waals surface area contributed by atoms with Gasteiger partial charge < -0.3 is 20.5 Å². The van der Waals surface area contributed by atoms with Crippen LogP contribution in [0.3, 0.4) is 0 Å². The predicted molar refractivity (Wildman–Crippen MR) is 151 cm³/mol. The molecule has 0 radical (unpaired) electrons. The molecule has 0 amide bonds. The molecule has 0 aliphatic carbocycles. The van der Waals surface area contributed by atoms with Crippen molar-refractivity contribution in [3.8, 4) is 5.88 Å². The van der Waals surface area contributed by atoms with E-state index in [-0.39, 0.29) is 22.5 Å². The molecule has 1 saturated heterocycles. The summed E-state index contributed by atoms with van der Waals surface area (Å²) in [4.78, 5) is 6.68. The topological polar surface area (TPSA) is 96.5 Å². The molecule has 192 valence electrons. The molecule has 7 nitrogen and oxygen atoms in total. The van der Waals surface area contributed by atoms with Crippen LogP contribution in [0.1, 0.15) is 35.3 Å². The number of hydrogen-bond acceptors (Lipinski definition) is 7. The van der Waals surface area contributed by atoms with Crippen molar-refractivity contribution in [1.82, 2.24) is 9.88 Å². The Labute approximate surface area is 212 Å². The molecule has 2 aromatic rings. The quantitative estimate of drug-likeness (QED) is 0.226. The number of nitrogens with one attached hydrogen (secondary N) is 2. The summed E-state index contributed by atoms with van der Waals surface area (Å²) in [7, 11) is 0. The van der Waals surface area contributed by atoms with Gasteiger partial charge in [-0.05, 0) is 38.1 Å². The second-order valence-electron chi connectivity index (χ2n) is 8.41. The number of allylic oxidation sites excluding steroid dienone is 4. The number of nitrogens with zero attached hydrogens (tertiary/aromatic N) is 2. The number of anilines is 2. The van der Waals surface area contributed by atoms with Gasteiger partial charge in [0.2, 0.25) is 5.88 Å². The normalized spacial score (nSPS) is 16.4. The second-order valence-corrected chi connectivity index (χ2v) is 8.41. The highest BCUT2D eigenvalue weighted by Crippen LogP contribution is 2.22. The van der Waals surface area contributed by atoms with Crippen molar-refractivity contribution in [2.24, 2.45) is 0 Å². The maximum absolute atomic E-state index is 8.64. The van der Waals surface area contributed by atoms with Crippen LogP contribution >= 0.6 is 0 Å². The first kappa shape index (κ1) is 27.8. The van der Waals surface area contributed by atoms with Gasteiger partial charge in [0.15, 0.2) is 0 Å². The number of benzene rings is 1. The van der Waals surface area contributed by atoms with Gasteiger partial charge in [-0.1, -0.05) is 44.4 Å². The Morgan fingerprint density at radius 1 is 1.34 bits per heavy atom. The third kappa shape index (κ3) is 8.70. The fraction of sp³-hybridized carbons (Fsp3) is 0.357. The molecule has 2 heterocycles. The van der Waals surface area contributed by atoms with E-state index in [4.69, 9.17) is 20.6 Å². The van der Waals surface area contributed by atoms with E-state index in [1.165, 1.54) is 0 Å². The molecule has 0 bridgehead atoms. The van der Waals surface area contributed by atoms with Gasteiger partial charge in [0, 0.05) is 63.8 Å². The standard InChI is InChI=1S/C27H35N5O2.CH4.2H2/c1-4-5-6-7-8-13-32-14-15-33-23(19-32)18-30-22-10-11-25(28)24(16-22)27(29)21-9-12-26(31-17-21)34-20(2)3;;;/h4-12,16-17,20,23,29-30H,1,13-15,18-19,28H2,2-3H3;1H4;2*1H/b6-5-,8-7+,29-27?;;;. The lowest BCUT2D eigenvalue weighted by Crippen LogP contribution is -2.45. The first-order chi connectivity index (χ1) is 16.5. The maximum Gasteiger partial charge on any atom is 0.213 e. The number of nitrogens with two attached hydrogens (primary N) is 1. The van der Waals surface area contributed by atoms with Gasteiger partial charge in [-0.25, -0.2) is 4.98 Å². The van der Waals surface area contributed by atoms with Gasteiger partial charge in [-0.2, -0.15) is 0 Å². The summed E-state index contributed by atoms with van der Waals surface area (Å²) in [6, 6.07) is 9.27. The molecule has 7 heteroatoms. The molecule has 1 aliphatic rings. The number of ether oxygens (including phenoxy) is 2. The molecule has 0 saturated carbocycles. The molecule has 1 unspecified atom stereocenters. The minimum atomic E-state index is 0. The van der Waals surface area contributed by atoms with Crippen molar-refractivity contribution in [1.29, 1.82) is 5.41 Å². The summed E-state index contributed by atoms with van der Waals surface area (Å²) in [5.74, 6) is 0.542. The number of hydrogen-bond donors (Lipinski definition) is 3. The Hall–Kier alpha value is -3.42. The summed E-state index contributed by atoms with van der Waals surface area (Å²) in [6.07, 6.45) is 11.6. The molecule has 1 fully saturated rings. The fourth-order valence-corrected chi connectivity index (χ4v) is 3.61. The third-order valence-electron chi connectivity index (χ3n) is 5.32. The Morgan fingerprint density at radius 3 is 2.89 bits per heavy atom. The van der Waals surface area contributed by atoms with Crippen LogP contribution in [-0.2, 0) is 4.74 Å². The second kappa shape index (κ2) is 14.1. The number of pyridine rings is 1. The lowest BCUT2D eigenvalue weighted by Gasteiger charge is -2.32. The van der Waals surface area contributed by atoms with E-state index in [9.17, 15) is 0 Å². The molecule has 1 aromatic carbocycles. The Balaban J connectivity index is 0.00000432.